The number of aromatic hydroxyl groups is 1. The summed E-state index contributed by atoms with van der Waals surface area (Å²) in [5.74, 6) is 0.640. The van der Waals surface area contributed by atoms with Crippen LogP contribution >= 0.6 is 0 Å². The van der Waals surface area contributed by atoms with Crippen LogP contribution in [0.4, 0.5) is 0 Å². The predicted molar refractivity (Wildman–Crippen MR) is 71.1 cm³/mol. The number of carbonyl (C=O) groups excluding carboxylic acids is 1. The van der Waals surface area contributed by atoms with Gasteiger partial charge in [0, 0.05) is 0 Å². The van der Waals surface area contributed by atoms with Crippen molar-refractivity contribution >= 4 is 11.9 Å². The first kappa shape index (κ1) is 13.5. The van der Waals surface area contributed by atoms with E-state index in [0.717, 1.165) is 22.3 Å². The first-order chi connectivity index (χ1) is 7.82. The summed E-state index contributed by atoms with van der Waals surface area (Å²) in [6.45, 7) is 9.33. The van der Waals surface area contributed by atoms with Crippen LogP contribution in [0.1, 0.15) is 37.5 Å². The Bertz CT molecular complexity index is 445. The molecule has 0 heterocycles. The number of Topliss-reactive ketones (excluding diaryl/α,β-unsaturated/α-hetero) is 1. The Morgan fingerprint density at radius 2 is 1.71 bits per heavy atom. The first-order valence-electron chi connectivity index (χ1n) is 5.85. The fraction of sp³-hybridized carbons (Fsp3) is 0.400. The molecule has 1 N–H and O–H groups in total. The third kappa shape index (κ3) is 3.19. The predicted octanol–water partition coefficient (Wildman–Crippen LogP) is 3.64. The minimum absolute atomic E-state index is 0.100. The highest BCUT2D eigenvalue weighted by molar-refractivity contribution is 5.98. The molecule has 1 aromatic rings. The van der Waals surface area contributed by atoms with Gasteiger partial charge in [0.05, 0.1) is 0 Å². The van der Waals surface area contributed by atoms with Crippen LogP contribution in [0.5, 0.6) is 5.75 Å². The summed E-state index contributed by atoms with van der Waals surface area (Å²) in [5, 5.41) is 9.70. The van der Waals surface area contributed by atoms with E-state index in [1.54, 1.807) is 6.92 Å². The number of aryl methyl sites for hydroxylation is 2. The molecule has 0 saturated carbocycles. The molecule has 0 aliphatic rings. The number of carbonyl (C=O) groups is 1. The zero-order valence-electron chi connectivity index (χ0n) is 11.2. The average Bonchev–Trinajstić information content (AvgIpc) is 2.21. The van der Waals surface area contributed by atoms with Crippen molar-refractivity contribution in [2.45, 2.75) is 34.6 Å². The molecule has 0 radical (unpaired) electrons. The molecular weight excluding hydrogens is 212 g/mol. The van der Waals surface area contributed by atoms with E-state index in [4.69, 9.17) is 0 Å². The lowest BCUT2D eigenvalue weighted by Crippen LogP contribution is -2.03. The van der Waals surface area contributed by atoms with Crippen molar-refractivity contribution < 1.29 is 9.90 Å². The van der Waals surface area contributed by atoms with Crippen molar-refractivity contribution in [3.8, 4) is 5.75 Å². The van der Waals surface area contributed by atoms with Gasteiger partial charge >= 0.3 is 0 Å². The number of phenols is 1. The maximum Gasteiger partial charge on any atom is 0.156 e. The van der Waals surface area contributed by atoms with Gasteiger partial charge in [0.1, 0.15) is 5.75 Å². The standard InChI is InChI=1S/C15H20O2/c1-9(2)14(12(5)16)8-13-6-10(3)15(17)11(4)7-13/h6-9,17H,1-5H3/b14-8+. The summed E-state index contributed by atoms with van der Waals surface area (Å²) in [6, 6.07) is 3.79. The van der Waals surface area contributed by atoms with Crippen LogP contribution in [0.25, 0.3) is 6.08 Å². The van der Waals surface area contributed by atoms with Crippen molar-refractivity contribution in [3.63, 3.8) is 0 Å². The fourth-order valence-corrected chi connectivity index (χ4v) is 1.93. The zero-order chi connectivity index (χ0) is 13.2. The Kier molecular flexibility index (Phi) is 4.11. The normalized spacial score (nSPS) is 12.0. The molecule has 0 unspecified atom stereocenters. The Morgan fingerprint density at radius 3 is 2.06 bits per heavy atom. The van der Waals surface area contributed by atoms with Crippen molar-refractivity contribution in [1.82, 2.24) is 0 Å². The highest BCUT2D eigenvalue weighted by Gasteiger charge is 2.09. The maximum absolute atomic E-state index is 11.5. The second kappa shape index (κ2) is 5.17. The van der Waals surface area contributed by atoms with Gasteiger partial charge in [-0.3, -0.25) is 4.79 Å². The minimum Gasteiger partial charge on any atom is -0.507 e. The number of ketones is 1. The highest BCUT2D eigenvalue weighted by atomic mass is 16.3. The fourth-order valence-electron chi connectivity index (χ4n) is 1.93. The van der Waals surface area contributed by atoms with Crippen molar-refractivity contribution in [3.05, 3.63) is 34.4 Å². The van der Waals surface area contributed by atoms with Gasteiger partial charge in [-0.25, -0.2) is 0 Å². The van der Waals surface area contributed by atoms with E-state index < -0.39 is 0 Å². The molecular formula is C15H20O2. The Hall–Kier alpha value is -1.57. The molecule has 0 fully saturated rings. The lowest BCUT2D eigenvalue weighted by Gasteiger charge is -2.09. The quantitative estimate of drug-likeness (QED) is 0.808. The summed E-state index contributed by atoms with van der Waals surface area (Å²) in [6.07, 6.45) is 1.91. The third-order valence-corrected chi connectivity index (χ3v) is 2.86. The molecule has 0 aromatic heterocycles. The maximum atomic E-state index is 11.5. The number of hydrogen-bond acceptors (Lipinski definition) is 2. The second-order valence-corrected chi connectivity index (χ2v) is 4.81. The van der Waals surface area contributed by atoms with Crippen LogP contribution in [0.15, 0.2) is 17.7 Å². The molecule has 2 heteroatoms. The minimum atomic E-state index is 0.100. The molecule has 0 amide bonds. The van der Waals surface area contributed by atoms with Crippen LogP contribution in [-0.2, 0) is 4.79 Å². The summed E-state index contributed by atoms with van der Waals surface area (Å²) in [5.41, 5.74) is 3.46. The third-order valence-electron chi connectivity index (χ3n) is 2.86. The number of benzene rings is 1. The Balaban J connectivity index is 3.26. The van der Waals surface area contributed by atoms with Gasteiger partial charge < -0.3 is 5.11 Å². The number of allylic oxidation sites excluding steroid dienone is 1. The molecule has 1 aromatic carbocycles. The molecule has 0 aliphatic carbocycles. The van der Waals surface area contributed by atoms with E-state index >= 15 is 0 Å². The van der Waals surface area contributed by atoms with Crippen LogP contribution in [-0.4, -0.2) is 10.9 Å². The number of hydrogen-bond donors (Lipinski definition) is 1. The van der Waals surface area contributed by atoms with Crippen LogP contribution < -0.4 is 0 Å². The molecule has 92 valence electrons. The van der Waals surface area contributed by atoms with Crippen LogP contribution in [0.3, 0.4) is 0 Å². The SMILES string of the molecule is CC(=O)/C(=C/c1cc(C)c(O)c(C)c1)C(C)C. The largest absolute Gasteiger partial charge is 0.507 e. The molecule has 2 nitrogen and oxygen atoms in total. The van der Waals surface area contributed by atoms with E-state index in [9.17, 15) is 9.90 Å². The van der Waals surface area contributed by atoms with Crippen molar-refractivity contribution in [2.75, 3.05) is 0 Å². The molecule has 1 rings (SSSR count). The second-order valence-electron chi connectivity index (χ2n) is 4.81. The summed E-state index contributed by atoms with van der Waals surface area (Å²) >= 11 is 0. The van der Waals surface area contributed by atoms with Gasteiger partial charge in [0.2, 0.25) is 0 Å². The molecule has 0 atom stereocenters. The van der Waals surface area contributed by atoms with Crippen molar-refractivity contribution in [2.24, 2.45) is 5.92 Å². The lowest BCUT2D eigenvalue weighted by atomic mass is 9.96. The van der Waals surface area contributed by atoms with Gasteiger partial charge in [-0.15, -0.1) is 0 Å². The molecule has 0 bridgehead atoms. The molecule has 0 spiro atoms. The van der Waals surface area contributed by atoms with E-state index in [-0.39, 0.29) is 11.7 Å². The Morgan fingerprint density at radius 1 is 1.24 bits per heavy atom. The van der Waals surface area contributed by atoms with Gasteiger partial charge in [-0.1, -0.05) is 13.8 Å². The van der Waals surface area contributed by atoms with Crippen LogP contribution in [0.2, 0.25) is 0 Å². The highest BCUT2D eigenvalue weighted by Crippen LogP contribution is 2.25. The van der Waals surface area contributed by atoms with Gasteiger partial charge in [-0.05, 0) is 67.2 Å². The smallest absolute Gasteiger partial charge is 0.156 e. The topological polar surface area (TPSA) is 37.3 Å². The van der Waals surface area contributed by atoms with E-state index in [2.05, 4.69) is 0 Å². The zero-order valence-corrected chi connectivity index (χ0v) is 11.2. The summed E-state index contributed by atoms with van der Waals surface area (Å²) < 4.78 is 0. The van der Waals surface area contributed by atoms with Crippen molar-refractivity contribution in [1.29, 1.82) is 0 Å². The van der Waals surface area contributed by atoms with E-state index in [0.29, 0.717) is 5.75 Å². The Labute approximate surface area is 103 Å². The van der Waals surface area contributed by atoms with Crippen LogP contribution in [0, 0.1) is 19.8 Å². The first-order valence-corrected chi connectivity index (χ1v) is 5.85. The van der Waals surface area contributed by atoms with E-state index in [1.807, 2.05) is 45.9 Å². The molecule has 0 aliphatic heterocycles. The average molecular weight is 232 g/mol. The molecule has 0 saturated heterocycles. The summed E-state index contributed by atoms with van der Waals surface area (Å²) in [7, 11) is 0. The number of rotatable bonds is 3. The monoisotopic (exact) mass is 232 g/mol. The van der Waals surface area contributed by atoms with Gasteiger partial charge in [0.15, 0.2) is 5.78 Å². The summed E-state index contributed by atoms with van der Waals surface area (Å²) in [4.78, 5) is 11.5. The molecule has 17 heavy (non-hydrogen) atoms. The van der Waals surface area contributed by atoms with Gasteiger partial charge in [0.25, 0.3) is 0 Å². The van der Waals surface area contributed by atoms with E-state index in [1.165, 1.54) is 0 Å². The van der Waals surface area contributed by atoms with Gasteiger partial charge in [-0.2, -0.15) is 0 Å². The lowest BCUT2D eigenvalue weighted by molar-refractivity contribution is -0.113. The number of phenolic OH excluding ortho intramolecular Hbond substituents is 1.